The van der Waals surface area contributed by atoms with E-state index in [9.17, 15) is 4.79 Å². The van der Waals surface area contributed by atoms with Crippen molar-refractivity contribution in [2.75, 3.05) is 0 Å². The molecule has 0 spiro atoms. The van der Waals surface area contributed by atoms with Gasteiger partial charge in [-0.05, 0) is 6.07 Å². The number of hydrogen-bond acceptors (Lipinski definition) is 2. The number of nitrogens with zero attached hydrogens (tertiary/aromatic N) is 2. The highest BCUT2D eigenvalue weighted by Crippen LogP contribution is 2.03. The van der Waals surface area contributed by atoms with E-state index in [0.29, 0.717) is 0 Å². The Labute approximate surface area is 56.2 Å². The lowest BCUT2D eigenvalue weighted by atomic mass is 10.7. The minimum atomic E-state index is -0.676. The first-order valence-corrected chi connectivity index (χ1v) is 2.59. The molecule has 4 nitrogen and oxygen atoms in total. The maximum absolute atomic E-state index is 10.3. The summed E-state index contributed by atoms with van der Waals surface area (Å²) in [6.07, 6.45) is 1.40. The number of rotatable bonds is 0. The Morgan fingerprint density at radius 3 is 2.78 bits per heavy atom. The van der Waals surface area contributed by atoms with Gasteiger partial charge < -0.3 is 5.73 Å². The van der Waals surface area contributed by atoms with Gasteiger partial charge in [-0.15, -0.1) is 0 Å². The fourth-order valence-electron chi connectivity index (χ4n) is 0.449. The Morgan fingerprint density at radius 2 is 2.56 bits per heavy atom. The Bertz CT molecular complexity index is 231. The molecule has 2 N–H and O–H groups in total. The van der Waals surface area contributed by atoms with Crippen molar-refractivity contribution >= 4 is 17.6 Å². The quantitative estimate of drug-likeness (QED) is 0.577. The molecule has 0 bridgehead atoms. The number of carbonyl (C=O) groups is 1. The zero-order chi connectivity index (χ0) is 6.85. The fourth-order valence-corrected chi connectivity index (χ4v) is 0.633. The lowest BCUT2D eigenvalue weighted by molar-refractivity contribution is 0.248. The number of carbonyl (C=O) groups excluding carboxylic acids is 1. The van der Waals surface area contributed by atoms with Crippen molar-refractivity contribution in [1.29, 1.82) is 0 Å². The van der Waals surface area contributed by atoms with Crippen LogP contribution in [0.3, 0.4) is 0 Å². The Hall–Kier alpha value is -1.03. The first-order valence-electron chi connectivity index (χ1n) is 2.21. The predicted molar refractivity (Wildman–Crippen MR) is 32.2 cm³/mol. The van der Waals surface area contributed by atoms with Gasteiger partial charge in [0.25, 0.3) is 0 Å². The number of halogens is 1. The van der Waals surface area contributed by atoms with Crippen molar-refractivity contribution in [2.45, 2.75) is 0 Å². The van der Waals surface area contributed by atoms with Gasteiger partial charge in [0.05, 0.1) is 6.20 Å². The summed E-state index contributed by atoms with van der Waals surface area (Å²) in [5, 5.41) is 3.75. The molecular weight excluding hydrogens is 142 g/mol. The van der Waals surface area contributed by atoms with Crippen LogP contribution in [0.2, 0.25) is 5.15 Å². The van der Waals surface area contributed by atoms with Crippen LogP contribution in [0, 0.1) is 0 Å². The molecule has 1 aromatic rings. The highest BCUT2D eigenvalue weighted by molar-refractivity contribution is 6.30. The number of nitrogens with two attached hydrogens (primary N) is 1. The third kappa shape index (κ3) is 1.02. The summed E-state index contributed by atoms with van der Waals surface area (Å²) in [4.78, 5) is 10.3. The topological polar surface area (TPSA) is 60.9 Å². The molecule has 48 valence electrons. The molecule has 9 heavy (non-hydrogen) atoms. The molecule has 5 heteroatoms. The van der Waals surface area contributed by atoms with E-state index >= 15 is 0 Å². The zero-order valence-electron chi connectivity index (χ0n) is 4.41. The van der Waals surface area contributed by atoms with E-state index in [1.807, 2.05) is 0 Å². The minimum Gasteiger partial charge on any atom is -0.350 e. The third-order valence-electron chi connectivity index (χ3n) is 0.805. The molecule has 0 fully saturated rings. The standard InChI is InChI=1S/C4H4ClN3O/c5-3-1-2-7-8(3)4(6)9/h1-2H,(H2,6,9). The number of hydrogen-bond donors (Lipinski definition) is 1. The molecule has 0 aliphatic heterocycles. The van der Waals surface area contributed by atoms with Crippen LogP contribution in [-0.4, -0.2) is 15.8 Å². The molecule has 0 aliphatic rings. The van der Waals surface area contributed by atoms with Crippen LogP contribution in [0.4, 0.5) is 4.79 Å². The second kappa shape index (κ2) is 2.06. The Morgan fingerprint density at radius 1 is 1.89 bits per heavy atom. The fraction of sp³-hybridized carbons (Fsp3) is 0. The predicted octanol–water partition coefficient (Wildman–Crippen LogP) is 0.463. The van der Waals surface area contributed by atoms with Gasteiger partial charge in [0.2, 0.25) is 0 Å². The van der Waals surface area contributed by atoms with Crippen LogP contribution in [0.1, 0.15) is 0 Å². The summed E-state index contributed by atoms with van der Waals surface area (Å²) >= 11 is 5.43. The maximum atomic E-state index is 10.3. The molecule has 1 heterocycles. The molecule has 1 amide bonds. The summed E-state index contributed by atoms with van der Waals surface area (Å²) in [6, 6.07) is 0.803. The first-order chi connectivity index (χ1) is 4.22. The lowest BCUT2D eigenvalue weighted by Gasteiger charge is -1.91. The molecule has 0 aromatic carbocycles. The number of amides is 1. The average Bonchev–Trinajstić information content (AvgIpc) is 2.13. The van der Waals surface area contributed by atoms with Crippen LogP contribution < -0.4 is 5.73 Å². The Kier molecular flexibility index (Phi) is 1.40. The maximum Gasteiger partial charge on any atom is 0.340 e. The van der Waals surface area contributed by atoms with E-state index in [2.05, 4.69) is 5.10 Å². The molecule has 0 unspecified atom stereocenters. The van der Waals surface area contributed by atoms with E-state index < -0.39 is 6.03 Å². The first kappa shape index (κ1) is 6.10. The van der Waals surface area contributed by atoms with Gasteiger partial charge in [0.15, 0.2) is 0 Å². The van der Waals surface area contributed by atoms with Crippen molar-refractivity contribution in [3.8, 4) is 0 Å². The molecule has 0 atom stereocenters. The highest BCUT2D eigenvalue weighted by Gasteiger charge is 2.01. The van der Waals surface area contributed by atoms with Crippen molar-refractivity contribution in [3.63, 3.8) is 0 Å². The van der Waals surface area contributed by atoms with Crippen molar-refractivity contribution in [3.05, 3.63) is 17.4 Å². The zero-order valence-corrected chi connectivity index (χ0v) is 5.17. The van der Waals surface area contributed by atoms with Gasteiger partial charge in [-0.3, -0.25) is 0 Å². The Balaban J connectivity index is 3.08. The summed E-state index contributed by atoms with van der Waals surface area (Å²) in [5.74, 6) is 0. The number of primary amides is 1. The molecule has 1 aromatic heterocycles. The lowest BCUT2D eigenvalue weighted by Crippen LogP contribution is -2.20. The van der Waals surface area contributed by atoms with Gasteiger partial charge in [0, 0.05) is 0 Å². The second-order valence-corrected chi connectivity index (χ2v) is 1.79. The summed E-state index contributed by atoms with van der Waals surface area (Å²) in [6.45, 7) is 0. The molecule has 0 saturated carbocycles. The van der Waals surface area contributed by atoms with Crippen LogP contribution in [0.25, 0.3) is 0 Å². The van der Waals surface area contributed by atoms with Crippen LogP contribution in [0.15, 0.2) is 12.3 Å². The molecular formula is C4H4ClN3O. The highest BCUT2D eigenvalue weighted by atomic mass is 35.5. The van der Waals surface area contributed by atoms with Crippen LogP contribution in [-0.2, 0) is 0 Å². The summed E-state index contributed by atoms with van der Waals surface area (Å²) in [7, 11) is 0. The van der Waals surface area contributed by atoms with E-state index in [1.165, 1.54) is 12.3 Å². The molecule has 1 rings (SSSR count). The van der Waals surface area contributed by atoms with E-state index in [0.717, 1.165) is 4.68 Å². The SMILES string of the molecule is NC(=O)n1nccc1Cl. The molecule has 0 radical (unpaired) electrons. The van der Waals surface area contributed by atoms with Crippen molar-refractivity contribution < 1.29 is 4.79 Å². The third-order valence-corrected chi connectivity index (χ3v) is 1.09. The van der Waals surface area contributed by atoms with Gasteiger partial charge in [-0.25, -0.2) is 4.79 Å². The average molecular weight is 146 g/mol. The van der Waals surface area contributed by atoms with Crippen molar-refractivity contribution in [2.24, 2.45) is 5.73 Å². The van der Waals surface area contributed by atoms with Crippen LogP contribution >= 0.6 is 11.6 Å². The van der Waals surface area contributed by atoms with Gasteiger partial charge in [0.1, 0.15) is 5.15 Å². The van der Waals surface area contributed by atoms with E-state index in [-0.39, 0.29) is 5.15 Å². The second-order valence-electron chi connectivity index (χ2n) is 1.40. The van der Waals surface area contributed by atoms with Crippen molar-refractivity contribution in [1.82, 2.24) is 9.78 Å². The molecule has 0 saturated heterocycles. The van der Waals surface area contributed by atoms with E-state index in [1.54, 1.807) is 0 Å². The minimum absolute atomic E-state index is 0.225. The number of aromatic nitrogens is 2. The van der Waals surface area contributed by atoms with E-state index in [4.69, 9.17) is 17.3 Å². The van der Waals surface area contributed by atoms with Gasteiger partial charge in [-0.2, -0.15) is 9.78 Å². The van der Waals surface area contributed by atoms with Gasteiger partial charge in [-0.1, -0.05) is 11.6 Å². The summed E-state index contributed by atoms with van der Waals surface area (Å²) in [5.41, 5.74) is 4.84. The normalized spacial score (nSPS) is 9.44. The van der Waals surface area contributed by atoms with Crippen LogP contribution in [0.5, 0.6) is 0 Å². The molecule has 0 aliphatic carbocycles. The summed E-state index contributed by atoms with van der Waals surface area (Å²) < 4.78 is 0.904. The van der Waals surface area contributed by atoms with Gasteiger partial charge >= 0.3 is 6.03 Å². The monoisotopic (exact) mass is 145 g/mol. The largest absolute Gasteiger partial charge is 0.350 e. The smallest absolute Gasteiger partial charge is 0.340 e.